The molecule has 108 valence electrons. The predicted octanol–water partition coefficient (Wildman–Crippen LogP) is 0.501. The minimum Gasteiger partial charge on any atom is -0.497 e. The molecule has 8 heteroatoms. The molecule has 0 bridgehead atoms. The second kappa shape index (κ2) is 5.71. The zero-order valence-corrected chi connectivity index (χ0v) is 11.5. The quantitative estimate of drug-likeness (QED) is 0.707. The van der Waals surface area contributed by atoms with Gasteiger partial charge in [-0.3, -0.25) is 5.10 Å². The highest BCUT2D eigenvalue weighted by atomic mass is 16.5. The van der Waals surface area contributed by atoms with Gasteiger partial charge in [-0.1, -0.05) is 12.1 Å². The molecule has 0 fully saturated rings. The number of nitrogens with two attached hydrogens (primary N) is 1. The summed E-state index contributed by atoms with van der Waals surface area (Å²) in [5, 5.41) is 11.0. The highest BCUT2D eigenvalue weighted by molar-refractivity contribution is 5.32. The minimum absolute atomic E-state index is 0.416. The summed E-state index contributed by atoms with van der Waals surface area (Å²) in [6, 6.07) is 7.13. The van der Waals surface area contributed by atoms with Crippen molar-refractivity contribution in [2.24, 2.45) is 5.73 Å². The normalized spacial score (nSPS) is 12.3. The first-order valence-electron chi connectivity index (χ1n) is 6.39. The van der Waals surface area contributed by atoms with Crippen LogP contribution in [0.3, 0.4) is 0 Å². The SMILES string of the molecule is COc1cccc([C@H](N)c2n[nH]c(Cn3cncn3)n2)c1. The number of aromatic amines is 1. The van der Waals surface area contributed by atoms with Crippen molar-refractivity contribution in [1.29, 1.82) is 0 Å². The molecule has 21 heavy (non-hydrogen) atoms. The summed E-state index contributed by atoms with van der Waals surface area (Å²) < 4.78 is 6.85. The molecule has 0 aliphatic heterocycles. The molecule has 0 amide bonds. The number of aromatic nitrogens is 6. The number of H-pyrrole nitrogens is 1. The van der Waals surface area contributed by atoms with Gasteiger partial charge in [-0.25, -0.2) is 14.6 Å². The Morgan fingerprint density at radius 2 is 2.33 bits per heavy atom. The summed E-state index contributed by atoms with van der Waals surface area (Å²) in [6.45, 7) is 0.470. The summed E-state index contributed by atoms with van der Waals surface area (Å²) in [4.78, 5) is 8.27. The maximum absolute atomic E-state index is 6.19. The Bertz CT molecular complexity index is 707. The van der Waals surface area contributed by atoms with Crippen molar-refractivity contribution in [3.63, 3.8) is 0 Å². The van der Waals surface area contributed by atoms with E-state index in [-0.39, 0.29) is 0 Å². The number of benzene rings is 1. The lowest BCUT2D eigenvalue weighted by Crippen LogP contribution is -2.14. The van der Waals surface area contributed by atoms with Gasteiger partial charge in [0, 0.05) is 0 Å². The van der Waals surface area contributed by atoms with Crippen LogP contribution in [0.5, 0.6) is 5.75 Å². The van der Waals surface area contributed by atoms with Gasteiger partial charge in [-0.05, 0) is 17.7 Å². The fraction of sp³-hybridized carbons (Fsp3) is 0.231. The number of rotatable bonds is 5. The lowest BCUT2D eigenvalue weighted by molar-refractivity contribution is 0.414. The summed E-state index contributed by atoms with van der Waals surface area (Å²) in [5.41, 5.74) is 7.08. The lowest BCUT2D eigenvalue weighted by atomic mass is 10.1. The Balaban J connectivity index is 1.78. The van der Waals surface area contributed by atoms with Crippen molar-refractivity contribution < 1.29 is 4.74 Å². The van der Waals surface area contributed by atoms with Crippen LogP contribution in [0.1, 0.15) is 23.3 Å². The molecule has 3 rings (SSSR count). The Morgan fingerprint density at radius 3 is 3.10 bits per heavy atom. The molecule has 2 aromatic heterocycles. The summed E-state index contributed by atoms with van der Waals surface area (Å²) >= 11 is 0. The van der Waals surface area contributed by atoms with Crippen molar-refractivity contribution in [2.45, 2.75) is 12.6 Å². The first kappa shape index (κ1) is 13.3. The van der Waals surface area contributed by atoms with Gasteiger partial charge in [0.05, 0.1) is 13.2 Å². The molecule has 0 aliphatic carbocycles. The summed E-state index contributed by atoms with van der Waals surface area (Å²) in [5.74, 6) is 1.95. The highest BCUT2D eigenvalue weighted by Crippen LogP contribution is 2.20. The fourth-order valence-corrected chi connectivity index (χ4v) is 1.97. The Kier molecular flexibility index (Phi) is 3.61. The monoisotopic (exact) mass is 285 g/mol. The zero-order chi connectivity index (χ0) is 14.7. The van der Waals surface area contributed by atoms with E-state index in [0.29, 0.717) is 18.2 Å². The van der Waals surface area contributed by atoms with Crippen LogP contribution in [0.15, 0.2) is 36.9 Å². The smallest absolute Gasteiger partial charge is 0.171 e. The summed E-state index contributed by atoms with van der Waals surface area (Å²) in [6.07, 6.45) is 3.09. The minimum atomic E-state index is -0.416. The van der Waals surface area contributed by atoms with Crippen molar-refractivity contribution >= 4 is 0 Å². The largest absolute Gasteiger partial charge is 0.497 e. The van der Waals surface area contributed by atoms with E-state index in [4.69, 9.17) is 10.5 Å². The zero-order valence-electron chi connectivity index (χ0n) is 11.5. The van der Waals surface area contributed by atoms with Crippen LogP contribution in [0.25, 0.3) is 0 Å². The van der Waals surface area contributed by atoms with Crippen LogP contribution in [-0.2, 0) is 6.54 Å². The lowest BCUT2D eigenvalue weighted by Gasteiger charge is -2.09. The molecule has 1 aromatic carbocycles. The number of nitrogens with zero attached hydrogens (tertiary/aromatic N) is 5. The second-order valence-electron chi connectivity index (χ2n) is 4.49. The van der Waals surface area contributed by atoms with E-state index in [1.54, 1.807) is 18.1 Å². The van der Waals surface area contributed by atoms with E-state index in [0.717, 1.165) is 11.3 Å². The van der Waals surface area contributed by atoms with Gasteiger partial charge >= 0.3 is 0 Å². The third kappa shape index (κ3) is 2.90. The number of hydrogen-bond donors (Lipinski definition) is 2. The topological polar surface area (TPSA) is 108 Å². The maximum atomic E-state index is 6.19. The average molecular weight is 285 g/mol. The third-order valence-corrected chi connectivity index (χ3v) is 3.06. The van der Waals surface area contributed by atoms with Crippen LogP contribution in [0, 0.1) is 0 Å². The van der Waals surface area contributed by atoms with Crippen molar-refractivity contribution in [3.05, 3.63) is 54.1 Å². The highest BCUT2D eigenvalue weighted by Gasteiger charge is 2.15. The molecule has 3 N–H and O–H groups in total. The van der Waals surface area contributed by atoms with Gasteiger partial charge in [0.25, 0.3) is 0 Å². The molecule has 0 saturated heterocycles. The van der Waals surface area contributed by atoms with Crippen LogP contribution < -0.4 is 10.5 Å². The van der Waals surface area contributed by atoms with Crippen LogP contribution >= 0.6 is 0 Å². The first-order chi connectivity index (χ1) is 10.3. The number of methoxy groups -OCH3 is 1. The van der Waals surface area contributed by atoms with Gasteiger partial charge in [-0.2, -0.15) is 10.2 Å². The first-order valence-corrected chi connectivity index (χ1v) is 6.39. The van der Waals surface area contributed by atoms with Gasteiger partial charge in [0.15, 0.2) is 5.82 Å². The van der Waals surface area contributed by atoms with Crippen molar-refractivity contribution in [2.75, 3.05) is 7.11 Å². The molecule has 0 radical (unpaired) electrons. The maximum Gasteiger partial charge on any atom is 0.171 e. The van der Waals surface area contributed by atoms with Crippen molar-refractivity contribution in [1.82, 2.24) is 29.9 Å². The van der Waals surface area contributed by atoms with Crippen LogP contribution in [-0.4, -0.2) is 37.1 Å². The average Bonchev–Trinajstić information content (AvgIpc) is 3.19. The van der Waals surface area contributed by atoms with Crippen molar-refractivity contribution in [3.8, 4) is 5.75 Å². The Labute approximate surface area is 121 Å². The van der Waals surface area contributed by atoms with E-state index in [2.05, 4.69) is 25.3 Å². The van der Waals surface area contributed by atoms with Gasteiger partial charge in [0.1, 0.15) is 30.8 Å². The molecule has 2 heterocycles. The molecule has 3 aromatic rings. The van der Waals surface area contributed by atoms with E-state index in [1.807, 2.05) is 24.3 Å². The Hall–Kier alpha value is -2.74. The van der Waals surface area contributed by atoms with Crippen LogP contribution in [0.4, 0.5) is 0 Å². The molecular weight excluding hydrogens is 270 g/mol. The number of hydrogen-bond acceptors (Lipinski definition) is 6. The molecular formula is C13H15N7O. The van der Waals surface area contributed by atoms with Crippen LogP contribution in [0.2, 0.25) is 0 Å². The van der Waals surface area contributed by atoms with E-state index in [1.165, 1.54) is 6.33 Å². The molecule has 0 unspecified atom stereocenters. The molecule has 0 aliphatic rings. The molecule has 0 saturated carbocycles. The Morgan fingerprint density at radius 1 is 1.43 bits per heavy atom. The number of nitrogens with one attached hydrogen (secondary N) is 1. The van der Waals surface area contributed by atoms with E-state index >= 15 is 0 Å². The molecule has 0 spiro atoms. The number of ether oxygens (including phenoxy) is 1. The van der Waals surface area contributed by atoms with E-state index in [9.17, 15) is 0 Å². The van der Waals surface area contributed by atoms with E-state index < -0.39 is 6.04 Å². The molecule has 1 atom stereocenters. The fourth-order valence-electron chi connectivity index (χ4n) is 1.97. The predicted molar refractivity (Wildman–Crippen MR) is 74.5 cm³/mol. The second-order valence-corrected chi connectivity index (χ2v) is 4.49. The van der Waals surface area contributed by atoms with Gasteiger partial charge < -0.3 is 10.5 Å². The third-order valence-electron chi connectivity index (χ3n) is 3.06. The summed E-state index contributed by atoms with van der Waals surface area (Å²) in [7, 11) is 1.62. The van der Waals surface area contributed by atoms with Gasteiger partial charge in [0.2, 0.25) is 0 Å². The van der Waals surface area contributed by atoms with Gasteiger partial charge in [-0.15, -0.1) is 0 Å². The molecule has 8 nitrogen and oxygen atoms in total. The standard InChI is InChI=1S/C13H15N7O/c1-21-10-4-2-3-9(5-10)12(14)13-17-11(18-19-13)6-20-8-15-7-16-20/h2-5,7-8,12H,6,14H2,1H3,(H,17,18,19)/t12-/m0/s1.